The lowest BCUT2D eigenvalue weighted by molar-refractivity contribution is 0.280. The van der Waals surface area contributed by atoms with Crippen LogP contribution in [0.4, 0.5) is 0 Å². The first kappa shape index (κ1) is 13.2. The van der Waals surface area contributed by atoms with Gasteiger partial charge in [0.15, 0.2) is 11.5 Å². The minimum absolute atomic E-state index is 0.0675. The largest absolute Gasteiger partial charge is 0.493 e. The molecule has 0 aliphatic rings. The average molecular weight is 261 g/mol. The van der Waals surface area contributed by atoms with Crippen LogP contribution in [0.15, 0.2) is 36.5 Å². The van der Waals surface area contributed by atoms with Gasteiger partial charge >= 0.3 is 0 Å². The third kappa shape index (κ3) is 2.95. The molecule has 0 saturated heterocycles. The summed E-state index contributed by atoms with van der Waals surface area (Å²) in [5, 5.41) is 9.10. The molecule has 0 fully saturated rings. The van der Waals surface area contributed by atoms with Gasteiger partial charge < -0.3 is 19.3 Å². The molecule has 0 bridgehead atoms. The first-order valence-electron chi connectivity index (χ1n) is 5.73. The molecule has 19 heavy (non-hydrogen) atoms. The van der Waals surface area contributed by atoms with E-state index in [1.165, 1.54) is 0 Å². The van der Waals surface area contributed by atoms with E-state index in [0.717, 1.165) is 5.56 Å². The van der Waals surface area contributed by atoms with Gasteiger partial charge in [-0.1, -0.05) is 6.07 Å². The maximum atomic E-state index is 9.10. The molecular weight excluding hydrogens is 246 g/mol. The summed E-state index contributed by atoms with van der Waals surface area (Å²) in [6, 6.07) is 8.72. The van der Waals surface area contributed by atoms with E-state index in [1.54, 1.807) is 44.7 Å². The summed E-state index contributed by atoms with van der Waals surface area (Å²) in [5.74, 6) is 1.93. The fourth-order valence-corrected chi connectivity index (χ4v) is 1.63. The summed E-state index contributed by atoms with van der Waals surface area (Å²) in [5.41, 5.74) is 0.721. The highest BCUT2D eigenvalue weighted by Gasteiger charge is 2.13. The van der Waals surface area contributed by atoms with Crippen molar-refractivity contribution in [2.45, 2.75) is 6.61 Å². The summed E-state index contributed by atoms with van der Waals surface area (Å²) in [6.45, 7) is -0.0675. The Morgan fingerprint density at radius 3 is 2.37 bits per heavy atom. The molecule has 5 heteroatoms. The smallest absolute Gasteiger partial charge is 0.219 e. The van der Waals surface area contributed by atoms with E-state index in [0.29, 0.717) is 23.1 Å². The van der Waals surface area contributed by atoms with Crippen molar-refractivity contribution in [1.29, 1.82) is 0 Å². The first-order chi connectivity index (χ1) is 9.28. The van der Waals surface area contributed by atoms with E-state index in [4.69, 9.17) is 19.3 Å². The number of aliphatic hydroxyl groups excluding tert-OH is 1. The zero-order valence-corrected chi connectivity index (χ0v) is 10.8. The molecule has 0 aliphatic heterocycles. The molecule has 0 saturated carbocycles. The number of rotatable bonds is 5. The summed E-state index contributed by atoms with van der Waals surface area (Å²) in [6.07, 6.45) is 1.57. The number of methoxy groups -OCH3 is 2. The Hall–Kier alpha value is -2.27. The molecule has 0 atom stereocenters. The Bertz CT molecular complexity index is 535. The first-order valence-corrected chi connectivity index (χ1v) is 5.73. The minimum atomic E-state index is -0.0675. The second-order valence-corrected chi connectivity index (χ2v) is 3.75. The van der Waals surface area contributed by atoms with Gasteiger partial charge in [0.2, 0.25) is 11.6 Å². The lowest BCUT2D eigenvalue weighted by Gasteiger charge is -2.13. The molecule has 0 spiro atoms. The van der Waals surface area contributed by atoms with E-state index in [9.17, 15) is 0 Å². The molecule has 1 heterocycles. The molecule has 2 aromatic rings. The topological polar surface area (TPSA) is 60.8 Å². The predicted molar refractivity (Wildman–Crippen MR) is 69.8 cm³/mol. The lowest BCUT2D eigenvalue weighted by Crippen LogP contribution is -1.96. The molecule has 0 aliphatic carbocycles. The third-order valence-corrected chi connectivity index (χ3v) is 2.57. The van der Waals surface area contributed by atoms with Crippen molar-refractivity contribution >= 4 is 0 Å². The molecule has 1 aromatic heterocycles. The van der Waals surface area contributed by atoms with Gasteiger partial charge in [0, 0.05) is 12.3 Å². The number of aliphatic hydroxyl groups is 1. The highest BCUT2D eigenvalue weighted by molar-refractivity contribution is 5.52. The van der Waals surface area contributed by atoms with Crippen molar-refractivity contribution < 1.29 is 19.3 Å². The Morgan fingerprint density at radius 2 is 1.79 bits per heavy atom. The number of nitrogens with zero attached hydrogens (tertiary/aromatic N) is 1. The average Bonchev–Trinajstić information content (AvgIpc) is 2.47. The molecule has 5 nitrogen and oxygen atoms in total. The minimum Gasteiger partial charge on any atom is -0.493 e. The van der Waals surface area contributed by atoms with Gasteiger partial charge in [0.1, 0.15) is 0 Å². The second kappa shape index (κ2) is 6.06. The van der Waals surface area contributed by atoms with Gasteiger partial charge in [0.05, 0.1) is 20.8 Å². The van der Waals surface area contributed by atoms with Crippen LogP contribution in [0.3, 0.4) is 0 Å². The fourth-order valence-electron chi connectivity index (χ4n) is 1.63. The molecule has 0 radical (unpaired) electrons. The summed E-state index contributed by atoms with van der Waals surface area (Å²) in [4.78, 5) is 4.09. The molecular formula is C14H15NO4. The van der Waals surface area contributed by atoms with Crippen LogP contribution in [0.25, 0.3) is 0 Å². The van der Waals surface area contributed by atoms with Crippen LogP contribution in [-0.2, 0) is 6.61 Å². The highest BCUT2D eigenvalue weighted by Crippen LogP contribution is 2.39. The number of hydrogen-bond donors (Lipinski definition) is 1. The van der Waals surface area contributed by atoms with Crippen molar-refractivity contribution in [3.8, 4) is 23.1 Å². The van der Waals surface area contributed by atoms with Crippen LogP contribution >= 0.6 is 0 Å². The number of ether oxygens (including phenoxy) is 3. The van der Waals surface area contributed by atoms with Crippen molar-refractivity contribution in [3.63, 3.8) is 0 Å². The van der Waals surface area contributed by atoms with Crippen LogP contribution in [0.1, 0.15) is 5.56 Å². The van der Waals surface area contributed by atoms with Gasteiger partial charge in [-0.3, -0.25) is 0 Å². The zero-order chi connectivity index (χ0) is 13.7. The lowest BCUT2D eigenvalue weighted by atomic mass is 10.3. The third-order valence-electron chi connectivity index (χ3n) is 2.57. The molecule has 0 amide bonds. The Kier molecular flexibility index (Phi) is 4.20. The van der Waals surface area contributed by atoms with Gasteiger partial charge in [-0.05, 0) is 23.8 Å². The van der Waals surface area contributed by atoms with Crippen LogP contribution in [0, 0.1) is 0 Å². The maximum Gasteiger partial charge on any atom is 0.219 e. The Morgan fingerprint density at radius 1 is 1.11 bits per heavy atom. The molecule has 1 N–H and O–H groups in total. The van der Waals surface area contributed by atoms with Crippen LogP contribution in [-0.4, -0.2) is 24.3 Å². The van der Waals surface area contributed by atoms with Crippen molar-refractivity contribution in [2.75, 3.05) is 14.2 Å². The highest BCUT2D eigenvalue weighted by atomic mass is 16.5. The summed E-state index contributed by atoms with van der Waals surface area (Å²) in [7, 11) is 3.11. The monoisotopic (exact) mass is 261 g/mol. The maximum absolute atomic E-state index is 9.10. The SMILES string of the molecule is COc1cccc(OC)c1Oc1cc(CO)ccn1. The Labute approximate surface area is 111 Å². The van der Waals surface area contributed by atoms with Crippen molar-refractivity contribution in [1.82, 2.24) is 4.98 Å². The summed E-state index contributed by atoms with van der Waals surface area (Å²) < 4.78 is 16.2. The van der Waals surface area contributed by atoms with Crippen LogP contribution in [0.2, 0.25) is 0 Å². The number of hydrogen-bond acceptors (Lipinski definition) is 5. The second-order valence-electron chi connectivity index (χ2n) is 3.75. The van der Waals surface area contributed by atoms with Crippen LogP contribution in [0.5, 0.6) is 23.1 Å². The van der Waals surface area contributed by atoms with Gasteiger partial charge in [0.25, 0.3) is 0 Å². The molecule has 100 valence electrons. The fraction of sp³-hybridized carbons (Fsp3) is 0.214. The van der Waals surface area contributed by atoms with E-state index in [2.05, 4.69) is 4.98 Å². The van der Waals surface area contributed by atoms with Gasteiger partial charge in [-0.2, -0.15) is 0 Å². The van der Waals surface area contributed by atoms with Crippen LogP contribution < -0.4 is 14.2 Å². The normalized spacial score (nSPS) is 10.1. The molecule has 2 rings (SSSR count). The predicted octanol–water partition coefficient (Wildman–Crippen LogP) is 2.38. The van der Waals surface area contributed by atoms with E-state index >= 15 is 0 Å². The quantitative estimate of drug-likeness (QED) is 0.895. The Balaban J connectivity index is 2.36. The van der Waals surface area contributed by atoms with E-state index in [-0.39, 0.29) is 6.61 Å². The molecule has 0 unspecified atom stereocenters. The summed E-state index contributed by atoms with van der Waals surface area (Å²) >= 11 is 0. The number of aromatic nitrogens is 1. The van der Waals surface area contributed by atoms with E-state index in [1.807, 2.05) is 6.07 Å². The van der Waals surface area contributed by atoms with Crippen molar-refractivity contribution in [2.24, 2.45) is 0 Å². The number of benzene rings is 1. The zero-order valence-electron chi connectivity index (χ0n) is 10.8. The number of pyridine rings is 1. The van der Waals surface area contributed by atoms with Crippen molar-refractivity contribution in [3.05, 3.63) is 42.1 Å². The van der Waals surface area contributed by atoms with E-state index < -0.39 is 0 Å². The van der Waals surface area contributed by atoms with Gasteiger partial charge in [-0.15, -0.1) is 0 Å². The standard InChI is InChI=1S/C14H15NO4/c1-17-11-4-3-5-12(18-2)14(11)19-13-8-10(9-16)6-7-15-13/h3-8,16H,9H2,1-2H3. The number of para-hydroxylation sites is 1. The molecule has 1 aromatic carbocycles. The van der Waals surface area contributed by atoms with Gasteiger partial charge in [-0.25, -0.2) is 4.98 Å².